The predicted molar refractivity (Wildman–Crippen MR) is 81.0 cm³/mol. The summed E-state index contributed by atoms with van der Waals surface area (Å²) in [5.74, 6) is 0. The molecule has 0 spiro atoms. The molecule has 0 bridgehead atoms. The molecule has 0 radical (unpaired) electrons. The molecule has 0 aliphatic carbocycles. The van der Waals surface area contributed by atoms with Crippen LogP contribution in [0.3, 0.4) is 0 Å². The Morgan fingerprint density at radius 1 is 1.10 bits per heavy atom. The van der Waals surface area contributed by atoms with E-state index in [0.717, 1.165) is 0 Å². The molecular weight excluding hydrogens is 290 g/mol. The molecule has 0 saturated carbocycles. The maximum Gasteiger partial charge on any atom is 0.194 e. The number of rotatable bonds is 4. The van der Waals surface area contributed by atoms with E-state index in [4.69, 9.17) is 5.26 Å². The van der Waals surface area contributed by atoms with Crippen LogP contribution in [0.2, 0.25) is 0 Å². The molecule has 0 amide bonds. The summed E-state index contributed by atoms with van der Waals surface area (Å²) in [5, 5.41) is 8.93. The third kappa shape index (κ3) is 2.87. The van der Waals surface area contributed by atoms with Crippen molar-refractivity contribution < 1.29 is 8.42 Å². The van der Waals surface area contributed by atoms with E-state index in [1.54, 1.807) is 60.9 Å². The number of sulfone groups is 1. The molecule has 0 N–H and O–H groups in total. The highest BCUT2D eigenvalue weighted by Gasteiger charge is 2.28. The van der Waals surface area contributed by atoms with Crippen molar-refractivity contribution in [3.8, 4) is 6.07 Å². The summed E-state index contributed by atoms with van der Waals surface area (Å²) in [6.07, 6.45) is 1.75. The Kier molecular flexibility index (Phi) is 4.48. The van der Waals surface area contributed by atoms with E-state index in [2.05, 4.69) is 0 Å². The van der Waals surface area contributed by atoms with Crippen LogP contribution in [0.4, 0.5) is 0 Å². The highest BCUT2D eigenvalue weighted by atomic mass is 32.3. The summed E-state index contributed by atoms with van der Waals surface area (Å²) in [6, 6.07) is 17.1. The van der Waals surface area contributed by atoms with Gasteiger partial charge in [0.1, 0.15) is 4.58 Å². The van der Waals surface area contributed by atoms with E-state index in [-0.39, 0.29) is 0 Å². The van der Waals surface area contributed by atoms with Gasteiger partial charge in [-0.25, -0.2) is 8.42 Å². The zero-order valence-electron chi connectivity index (χ0n) is 10.9. The maximum atomic E-state index is 12.7. The van der Waals surface area contributed by atoms with Crippen LogP contribution in [0.25, 0.3) is 0 Å². The van der Waals surface area contributed by atoms with Gasteiger partial charge in [0, 0.05) is 0 Å². The van der Waals surface area contributed by atoms with Crippen molar-refractivity contribution in [1.82, 2.24) is 0 Å². The molecule has 2 aromatic carbocycles. The first-order chi connectivity index (χ1) is 9.59. The number of hydrogen-bond donors (Lipinski definition) is 0. The average Bonchev–Trinajstić information content (AvgIpc) is 2.49. The lowest BCUT2D eigenvalue weighted by atomic mass is 10.2. The standard InChI is InChI=1S/C15H13NO2S2/c1-19-15(13-7-5-6-12(10-13)11-16)20(17,18)14-8-3-2-4-9-14/h2-10,15H,1H3. The molecule has 0 heterocycles. The molecule has 1 unspecified atom stereocenters. The molecule has 0 aliphatic heterocycles. The van der Waals surface area contributed by atoms with Gasteiger partial charge in [0.15, 0.2) is 9.84 Å². The molecule has 0 aliphatic rings. The molecule has 102 valence electrons. The molecule has 0 fully saturated rings. The van der Waals surface area contributed by atoms with Crippen LogP contribution in [-0.4, -0.2) is 14.7 Å². The van der Waals surface area contributed by atoms with E-state index in [1.807, 2.05) is 6.07 Å². The molecule has 0 saturated heterocycles. The van der Waals surface area contributed by atoms with Gasteiger partial charge in [-0.15, -0.1) is 11.8 Å². The quantitative estimate of drug-likeness (QED) is 0.868. The minimum atomic E-state index is -3.48. The van der Waals surface area contributed by atoms with Gasteiger partial charge in [-0.1, -0.05) is 30.3 Å². The van der Waals surface area contributed by atoms with Gasteiger partial charge in [-0.05, 0) is 36.1 Å². The van der Waals surface area contributed by atoms with Crippen molar-refractivity contribution in [2.75, 3.05) is 6.26 Å². The molecule has 0 aromatic heterocycles. The average molecular weight is 303 g/mol. The van der Waals surface area contributed by atoms with Crippen LogP contribution in [0.1, 0.15) is 15.7 Å². The Labute approximate surface area is 123 Å². The van der Waals surface area contributed by atoms with Crippen molar-refractivity contribution in [2.45, 2.75) is 9.48 Å². The Bertz CT molecular complexity index is 734. The van der Waals surface area contributed by atoms with Gasteiger partial charge in [0.25, 0.3) is 0 Å². The largest absolute Gasteiger partial charge is 0.222 e. The van der Waals surface area contributed by atoms with Crippen LogP contribution in [0.5, 0.6) is 0 Å². The number of nitriles is 1. The molecule has 20 heavy (non-hydrogen) atoms. The maximum absolute atomic E-state index is 12.7. The van der Waals surface area contributed by atoms with Crippen molar-refractivity contribution in [1.29, 1.82) is 5.26 Å². The minimum absolute atomic E-state index is 0.293. The van der Waals surface area contributed by atoms with Gasteiger partial charge in [0.2, 0.25) is 0 Å². The van der Waals surface area contributed by atoms with E-state index in [0.29, 0.717) is 16.0 Å². The zero-order chi connectivity index (χ0) is 14.6. The third-order valence-electron chi connectivity index (χ3n) is 2.86. The number of benzene rings is 2. The van der Waals surface area contributed by atoms with Crippen molar-refractivity contribution >= 4 is 21.6 Å². The van der Waals surface area contributed by atoms with Gasteiger partial charge >= 0.3 is 0 Å². The van der Waals surface area contributed by atoms with Gasteiger partial charge in [0.05, 0.1) is 16.5 Å². The van der Waals surface area contributed by atoms with Crippen LogP contribution in [0, 0.1) is 11.3 Å². The number of nitrogens with zero attached hydrogens (tertiary/aromatic N) is 1. The topological polar surface area (TPSA) is 57.9 Å². The third-order valence-corrected chi connectivity index (χ3v) is 6.66. The lowest BCUT2D eigenvalue weighted by Gasteiger charge is -2.16. The van der Waals surface area contributed by atoms with Gasteiger partial charge in [-0.2, -0.15) is 5.26 Å². The first kappa shape index (κ1) is 14.6. The Morgan fingerprint density at radius 3 is 2.40 bits per heavy atom. The molecule has 2 aromatic rings. The van der Waals surface area contributed by atoms with E-state index in [9.17, 15) is 8.42 Å². The molecule has 2 rings (SSSR count). The summed E-state index contributed by atoms with van der Waals surface area (Å²) in [6.45, 7) is 0. The molecule has 3 nitrogen and oxygen atoms in total. The van der Waals surface area contributed by atoms with E-state index in [1.165, 1.54) is 11.8 Å². The highest BCUT2D eigenvalue weighted by Crippen LogP contribution is 2.36. The lowest BCUT2D eigenvalue weighted by Crippen LogP contribution is -2.10. The Hall–Kier alpha value is -1.77. The fourth-order valence-electron chi connectivity index (χ4n) is 1.93. The Morgan fingerprint density at radius 2 is 1.80 bits per heavy atom. The van der Waals surface area contributed by atoms with Crippen molar-refractivity contribution in [3.63, 3.8) is 0 Å². The monoisotopic (exact) mass is 303 g/mol. The van der Waals surface area contributed by atoms with Crippen LogP contribution in [0.15, 0.2) is 59.5 Å². The Balaban J connectivity index is 2.50. The first-order valence-electron chi connectivity index (χ1n) is 5.91. The number of thioether (sulfide) groups is 1. The molecule has 1 atom stereocenters. The minimum Gasteiger partial charge on any atom is -0.222 e. The van der Waals surface area contributed by atoms with E-state index >= 15 is 0 Å². The summed E-state index contributed by atoms with van der Waals surface area (Å²) in [7, 11) is -3.48. The fraction of sp³-hybridized carbons (Fsp3) is 0.133. The summed E-state index contributed by atoms with van der Waals surface area (Å²) >= 11 is 1.25. The predicted octanol–water partition coefficient (Wildman–Crippen LogP) is 3.39. The second kappa shape index (κ2) is 6.12. The van der Waals surface area contributed by atoms with Crippen LogP contribution < -0.4 is 0 Å². The van der Waals surface area contributed by atoms with Crippen LogP contribution in [-0.2, 0) is 9.84 Å². The zero-order valence-corrected chi connectivity index (χ0v) is 12.5. The fourth-order valence-corrected chi connectivity index (χ4v) is 4.98. The normalized spacial score (nSPS) is 12.6. The number of hydrogen-bond acceptors (Lipinski definition) is 4. The summed E-state index contributed by atoms with van der Waals surface area (Å²) < 4.78 is 24.6. The molecule has 5 heteroatoms. The van der Waals surface area contributed by atoms with Gasteiger partial charge < -0.3 is 0 Å². The first-order valence-corrected chi connectivity index (χ1v) is 8.75. The highest BCUT2D eigenvalue weighted by molar-refractivity contribution is 8.12. The van der Waals surface area contributed by atoms with Crippen molar-refractivity contribution in [3.05, 3.63) is 65.7 Å². The van der Waals surface area contributed by atoms with E-state index < -0.39 is 14.4 Å². The smallest absolute Gasteiger partial charge is 0.194 e. The lowest BCUT2D eigenvalue weighted by molar-refractivity contribution is 0.594. The molecular formula is C15H13NO2S2. The summed E-state index contributed by atoms with van der Waals surface area (Å²) in [5.41, 5.74) is 1.09. The van der Waals surface area contributed by atoms with Crippen LogP contribution >= 0.6 is 11.8 Å². The van der Waals surface area contributed by atoms with Crippen molar-refractivity contribution in [2.24, 2.45) is 0 Å². The summed E-state index contributed by atoms with van der Waals surface area (Å²) in [4.78, 5) is 0.293. The second-order valence-electron chi connectivity index (χ2n) is 4.16. The second-order valence-corrected chi connectivity index (χ2v) is 7.44. The SMILES string of the molecule is CSC(c1cccc(C#N)c1)S(=O)(=O)c1ccccc1. The van der Waals surface area contributed by atoms with Gasteiger partial charge in [-0.3, -0.25) is 0 Å².